The van der Waals surface area contributed by atoms with Crippen LogP contribution in [0.2, 0.25) is 0 Å². The van der Waals surface area contributed by atoms with Crippen molar-refractivity contribution >= 4 is 29.9 Å². The van der Waals surface area contributed by atoms with Crippen LogP contribution in [0.1, 0.15) is 25.3 Å². The molecule has 0 spiro atoms. The number of halogens is 1. The summed E-state index contributed by atoms with van der Waals surface area (Å²) >= 11 is 0. The lowest BCUT2D eigenvalue weighted by Crippen LogP contribution is -2.38. The van der Waals surface area contributed by atoms with Crippen LogP contribution in [0.3, 0.4) is 0 Å². The summed E-state index contributed by atoms with van der Waals surface area (Å²) in [6.07, 6.45) is 2.92. The summed E-state index contributed by atoms with van der Waals surface area (Å²) in [5.74, 6) is 1.17. The van der Waals surface area contributed by atoms with Crippen molar-refractivity contribution in [1.29, 1.82) is 0 Å². The van der Waals surface area contributed by atoms with E-state index in [-0.39, 0.29) is 24.0 Å². The molecule has 0 heterocycles. The highest BCUT2D eigenvalue weighted by Gasteiger charge is 1.97. The lowest BCUT2D eigenvalue weighted by molar-refractivity contribution is 0.195. The van der Waals surface area contributed by atoms with E-state index in [1.54, 1.807) is 19.2 Å². The van der Waals surface area contributed by atoms with E-state index < -0.39 is 0 Å². The molecule has 1 aromatic carbocycles. The number of hydrogen-bond donors (Lipinski definition) is 3. The maximum absolute atomic E-state index is 9.23. The normalized spacial score (nSPS) is 10.9. The minimum atomic E-state index is 0. The Kier molecular flexibility index (Phi) is 13.0. The smallest absolute Gasteiger partial charge is 0.191 e. The molecule has 3 N–H and O–H groups in total. The summed E-state index contributed by atoms with van der Waals surface area (Å²) in [7, 11) is 1.71. The second-order valence-electron chi connectivity index (χ2n) is 4.80. The zero-order valence-electron chi connectivity index (χ0n) is 13.5. The SMILES string of the molecule is CCNC(=NCCCc1ccc(O)cc1)NCCCOC.I. The topological polar surface area (TPSA) is 65.9 Å². The predicted molar refractivity (Wildman–Crippen MR) is 102 cm³/mol. The van der Waals surface area contributed by atoms with Gasteiger partial charge in [0.15, 0.2) is 5.96 Å². The summed E-state index contributed by atoms with van der Waals surface area (Å²) in [6.45, 7) is 5.31. The van der Waals surface area contributed by atoms with Crippen LogP contribution >= 0.6 is 24.0 Å². The van der Waals surface area contributed by atoms with Crippen LogP contribution in [-0.4, -0.2) is 44.4 Å². The lowest BCUT2D eigenvalue weighted by Gasteiger charge is -2.11. The molecule has 0 saturated carbocycles. The van der Waals surface area contributed by atoms with Gasteiger partial charge in [0.2, 0.25) is 0 Å². The number of nitrogens with zero attached hydrogens (tertiary/aromatic N) is 1. The highest BCUT2D eigenvalue weighted by molar-refractivity contribution is 14.0. The number of rotatable bonds is 9. The largest absolute Gasteiger partial charge is 0.508 e. The first-order valence-electron chi connectivity index (χ1n) is 7.55. The fourth-order valence-electron chi connectivity index (χ4n) is 1.90. The molecule has 5 nitrogen and oxygen atoms in total. The van der Waals surface area contributed by atoms with Crippen molar-refractivity contribution in [2.45, 2.75) is 26.2 Å². The van der Waals surface area contributed by atoms with Crippen LogP contribution in [0.15, 0.2) is 29.3 Å². The number of methoxy groups -OCH3 is 1. The zero-order chi connectivity index (χ0) is 15.3. The Bertz CT molecular complexity index is 410. The van der Waals surface area contributed by atoms with Crippen molar-refractivity contribution < 1.29 is 9.84 Å². The molecular weight excluding hydrogens is 393 g/mol. The zero-order valence-corrected chi connectivity index (χ0v) is 15.8. The van der Waals surface area contributed by atoms with Crippen molar-refractivity contribution in [3.63, 3.8) is 0 Å². The molecule has 0 saturated heterocycles. The summed E-state index contributed by atoms with van der Waals surface area (Å²) < 4.78 is 5.02. The average molecular weight is 421 g/mol. The third kappa shape index (κ3) is 9.83. The Morgan fingerprint density at radius 1 is 1.18 bits per heavy atom. The van der Waals surface area contributed by atoms with Gasteiger partial charge in [-0.05, 0) is 43.9 Å². The molecule has 0 unspecified atom stereocenters. The van der Waals surface area contributed by atoms with Crippen molar-refractivity contribution in [2.75, 3.05) is 33.4 Å². The van der Waals surface area contributed by atoms with Crippen molar-refractivity contribution in [3.05, 3.63) is 29.8 Å². The van der Waals surface area contributed by atoms with Gasteiger partial charge in [-0.25, -0.2) is 0 Å². The number of aromatic hydroxyl groups is 1. The fourth-order valence-corrected chi connectivity index (χ4v) is 1.90. The maximum atomic E-state index is 9.23. The first kappa shape index (κ1) is 21.0. The third-order valence-corrected chi connectivity index (χ3v) is 2.99. The lowest BCUT2D eigenvalue weighted by atomic mass is 10.1. The molecule has 0 bridgehead atoms. The summed E-state index contributed by atoms with van der Waals surface area (Å²) in [6, 6.07) is 7.35. The Balaban J connectivity index is 0.00000441. The first-order valence-corrected chi connectivity index (χ1v) is 7.55. The van der Waals surface area contributed by atoms with Crippen LogP contribution in [0.25, 0.3) is 0 Å². The van der Waals surface area contributed by atoms with E-state index in [1.807, 2.05) is 12.1 Å². The van der Waals surface area contributed by atoms with Gasteiger partial charge in [0.25, 0.3) is 0 Å². The number of benzene rings is 1. The quantitative estimate of drug-likeness (QED) is 0.248. The molecular formula is C16H28IN3O2. The van der Waals surface area contributed by atoms with E-state index in [0.29, 0.717) is 5.75 Å². The summed E-state index contributed by atoms with van der Waals surface area (Å²) in [5, 5.41) is 15.8. The molecule has 0 aromatic heterocycles. The number of hydrogen-bond acceptors (Lipinski definition) is 3. The Morgan fingerprint density at radius 3 is 2.55 bits per heavy atom. The molecule has 1 rings (SSSR count). The monoisotopic (exact) mass is 421 g/mol. The number of ether oxygens (including phenoxy) is 1. The Morgan fingerprint density at radius 2 is 1.91 bits per heavy atom. The van der Waals surface area contributed by atoms with Crippen LogP contribution in [-0.2, 0) is 11.2 Å². The molecule has 0 atom stereocenters. The number of aliphatic imine (C=N–C) groups is 1. The standard InChI is InChI=1S/C16H27N3O2.HI/c1-3-17-16(19-12-5-13-21-2)18-11-4-6-14-7-9-15(20)10-8-14;/h7-10,20H,3-6,11-13H2,1-2H3,(H2,17,18,19);1H. The van der Waals surface area contributed by atoms with Crippen molar-refractivity contribution in [3.8, 4) is 5.75 Å². The fraction of sp³-hybridized carbons (Fsp3) is 0.562. The first-order chi connectivity index (χ1) is 10.3. The van der Waals surface area contributed by atoms with Crippen molar-refractivity contribution in [1.82, 2.24) is 10.6 Å². The number of aryl methyl sites for hydroxylation is 1. The minimum absolute atomic E-state index is 0. The molecule has 126 valence electrons. The van der Waals surface area contributed by atoms with Crippen LogP contribution in [0, 0.1) is 0 Å². The molecule has 0 amide bonds. The van der Waals surface area contributed by atoms with E-state index in [0.717, 1.165) is 51.5 Å². The Labute approximate surface area is 150 Å². The molecule has 1 aromatic rings. The highest BCUT2D eigenvalue weighted by atomic mass is 127. The van der Waals surface area contributed by atoms with Gasteiger partial charge in [0, 0.05) is 33.4 Å². The van der Waals surface area contributed by atoms with Gasteiger partial charge in [0.05, 0.1) is 0 Å². The molecule has 0 aliphatic carbocycles. The number of guanidine groups is 1. The minimum Gasteiger partial charge on any atom is -0.508 e. The van der Waals surface area contributed by atoms with Crippen molar-refractivity contribution in [2.24, 2.45) is 4.99 Å². The van der Waals surface area contributed by atoms with E-state index in [4.69, 9.17) is 4.74 Å². The number of phenolic OH excluding ortho intramolecular Hbond substituents is 1. The maximum Gasteiger partial charge on any atom is 0.191 e. The van der Waals surface area contributed by atoms with Gasteiger partial charge >= 0.3 is 0 Å². The van der Waals surface area contributed by atoms with Gasteiger partial charge in [-0.1, -0.05) is 12.1 Å². The molecule has 0 radical (unpaired) electrons. The molecule has 0 fully saturated rings. The predicted octanol–water partition coefficient (Wildman–Crippen LogP) is 2.53. The van der Waals surface area contributed by atoms with Gasteiger partial charge in [-0.3, -0.25) is 4.99 Å². The molecule has 0 aliphatic rings. The average Bonchev–Trinajstić information content (AvgIpc) is 2.49. The van der Waals surface area contributed by atoms with Crippen LogP contribution < -0.4 is 10.6 Å². The third-order valence-electron chi connectivity index (χ3n) is 2.99. The van der Waals surface area contributed by atoms with Gasteiger partial charge in [0.1, 0.15) is 5.75 Å². The van der Waals surface area contributed by atoms with Crippen LogP contribution in [0.4, 0.5) is 0 Å². The van der Waals surface area contributed by atoms with Gasteiger partial charge in [-0.15, -0.1) is 24.0 Å². The second kappa shape index (κ2) is 13.6. The van der Waals surface area contributed by atoms with Gasteiger partial charge in [-0.2, -0.15) is 0 Å². The molecule has 0 aliphatic heterocycles. The summed E-state index contributed by atoms with van der Waals surface area (Å²) in [5.41, 5.74) is 1.22. The summed E-state index contributed by atoms with van der Waals surface area (Å²) in [4.78, 5) is 4.55. The number of nitrogens with one attached hydrogen (secondary N) is 2. The van der Waals surface area contributed by atoms with E-state index >= 15 is 0 Å². The number of phenols is 1. The van der Waals surface area contributed by atoms with E-state index in [1.165, 1.54) is 5.56 Å². The second-order valence-corrected chi connectivity index (χ2v) is 4.80. The Hall–Kier alpha value is -1.02. The van der Waals surface area contributed by atoms with Crippen LogP contribution in [0.5, 0.6) is 5.75 Å². The van der Waals surface area contributed by atoms with E-state index in [9.17, 15) is 5.11 Å². The van der Waals surface area contributed by atoms with E-state index in [2.05, 4.69) is 22.5 Å². The van der Waals surface area contributed by atoms with Gasteiger partial charge < -0.3 is 20.5 Å². The molecule has 6 heteroatoms. The highest BCUT2D eigenvalue weighted by Crippen LogP contribution is 2.10. The molecule has 22 heavy (non-hydrogen) atoms.